The van der Waals surface area contributed by atoms with Gasteiger partial charge in [-0.2, -0.15) is 0 Å². The van der Waals surface area contributed by atoms with Crippen LogP contribution in [0.3, 0.4) is 0 Å². The Kier molecular flexibility index (Phi) is 17.1. The van der Waals surface area contributed by atoms with Crippen LogP contribution < -0.4 is 9.60 Å². The van der Waals surface area contributed by atoms with Crippen molar-refractivity contribution in [1.29, 1.82) is 0 Å². The summed E-state index contributed by atoms with van der Waals surface area (Å²) in [7, 11) is 2.43. The molecule has 0 bridgehead atoms. The van der Waals surface area contributed by atoms with Crippen molar-refractivity contribution < 1.29 is 80.9 Å². The van der Waals surface area contributed by atoms with Gasteiger partial charge in [0.15, 0.2) is 43.0 Å². The number of nitrogens with zero attached hydrogens (tertiary/aromatic N) is 3. The highest BCUT2D eigenvalue weighted by atomic mass is 35.5. The first-order valence-corrected chi connectivity index (χ1v) is 21.6. The Balaban J connectivity index is 1.68. The van der Waals surface area contributed by atoms with Gasteiger partial charge in [-0.25, -0.2) is 9.98 Å². The monoisotopic (exact) mass is 937 g/mol. The van der Waals surface area contributed by atoms with Crippen LogP contribution in [0, 0.1) is 0 Å². The molecule has 0 spiro atoms. The van der Waals surface area contributed by atoms with Gasteiger partial charge < -0.3 is 47.4 Å². The lowest BCUT2D eigenvalue weighted by atomic mass is 9.95. The number of esters is 7. The average Bonchev–Trinajstić information content (AvgIpc) is 3.58. The van der Waals surface area contributed by atoms with Gasteiger partial charge in [0.25, 0.3) is 0 Å². The standard InChI is InChI=1S/C40H44ClN3O17S2/c1-19(45)52-17-29-32(61-38-36(58-25(7)51)34(56-23(5)49)31(54-21(3)47)30(60-38)18-53-20(2)46)33(55-22(4)48)35(57-24(6)50)37(59-29)43-40-44(28-14-9-8-10-15-28)39(62-63-40)42-27-13-11-12-26(41)16-27/h8-16,29-38H,17-18H2,1-7H3/b42-39?,43-40+/t29-,30-,31+,32-,33+,34+,35-,36-,37-,38+/m1/s1. The summed E-state index contributed by atoms with van der Waals surface area (Å²) in [6, 6.07) is 15.9. The Hall–Kier alpha value is -5.52. The smallest absolute Gasteiger partial charge is 0.303 e. The fourth-order valence-corrected chi connectivity index (χ4v) is 8.88. The molecule has 2 aliphatic heterocycles. The summed E-state index contributed by atoms with van der Waals surface area (Å²) >= 11 is 6.26. The van der Waals surface area contributed by atoms with E-state index < -0.39 is 116 Å². The number of hydrogen-bond acceptors (Lipinski definition) is 21. The number of carbonyl (C=O) groups excluding carboxylic acids is 7. The molecule has 63 heavy (non-hydrogen) atoms. The molecule has 0 amide bonds. The first kappa shape index (κ1) is 48.5. The fourth-order valence-electron chi connectivity index (χ4n) is 6.53. The number of carbonyl (C=O) groups is 7. The molecule has 20 nitrogen and oxygen atoms in total. The van der Waals surface area contributed by atoms with Crippen LogP contribution in [0.15, 0.2) is 64.6 Å². The second-order valence-electron chi connectivity index (χ2n) is 13.8. The van der Waals surface area contributed by atoms with E-state index >= 15 is 0 Å². The van der Waals surface area contributed by atoms with Crippen LogP contribution in [0.1, 0.15) is 48.5 Å². The molecule has 23 heteroatoms. The normalized spacial score (nSPS) is 26.2. The molecule has 0 N–H and O–H groups in total. The number of para-hydroxylation sites is 1. The highest BCUT2D eigenvalue weighted by molar-refractivity contribution is 7.67. The predicted molar refractivity (Wildman–Crippen MR) is 217 cm³/mol. The van der Waals surface area contributed by atoms with E-state index in [0.717, 1.165) is 48.5 Å². The summed E-state index contributed by atoms with van der Waals surface area (Å²) in [5, 5.41) is 0.461. The maximum absolute atomic E-state index is 12.9. The minimum absolute atomic E-state index is 0.279. The van der Waals surface area contributed by atoms with Crippen LogP contribution in [0.4, 0.5) is 5.69 Å². The zero-order valence-corrected chi connectivity index (χ0v) is 37.2. The molecule has 3 heterocycles. The third kappa shape index (κ3) is 13.5. The van der Waals surface area contributed by atoms with Gasteiger partial charge in [-0.3, -0.25) is 38.1 Å². The summed E-state index contributed by atoms with van der Waals surface area (Å²) in [4.78, 5) is 97.9. The molecule has 1 aromatic heterocycles. The number of halogens is 1. The first-order chi connectivity index (χ1) is 29.9. The van der Waals surface area contributed by atoms with Crippen molar-refractivity contribution in [3.63, 3.8) is 0 Å². The topological polar surface area (TPSA) is 241 Å². The lowest BCUT2D eigenvalue weighted by molar-refractivity contribution is -0.344. The lowest BCUT2D eigenvalue weighted by Crippen LogP contribution is -2.67. The summed E-state index contributed by atoms with van der Waals surface area (Å²) in [6.07, 6.45) is -16.0. The molecule has 10 atom stereocenters. The lowest BCUT2D eigenvalue weighted by Gasteiger charge is -2.48. The second kappa shape index (κ2) is 22.2. The second-order valence-corrected chi connectivity index (χ2v) is 16.3. The van der Waals surface area contributed by atoms with Crippen LogP contribution in [-0.4, -0.2) is 121 Å². The van der Waals surface area contributed by atoms with Gasteiger partial charge in [0, 0.05) is 53.5 Å². The van der Waals surface area contributed by atoms with Crippen LogP contribution in [0.5, 0.6) is 0 Å². The van der Waals surface area contributed by atoms with Crippen molar-refractivity contribution in [3.05, 3.63) is 69.2 Å². The van der Waals surface area contributed by atoms with Crippen LogP contribution in [0.25, 0.3) is 5.69 Å². The Labute approximate surface area is 371 Å². The minimum atomic E-state index is -1.83. The Morgan fingerprint density at radius 2 is 1.10 bits per heavy atom. The van der Waals surface area contributed by atoms with Crippen molar-refractivity contribution in [3.8, 4) is 5.69 Å². The van der Waals surface area contributed by atoms with Gasteiger partial charge in [-0.1, -0.05) is 35.9 Å². The molecule has 0 aliphatic carbocycles. The van der Waals surface area contributed by atoms with Crippen LogP contribution in [0.2, 0.25) is 5.02 Å². The van der Waals surface area contributed by atoms with Crippen molar-refractivity contribution in [2.45, 2.75) is 110 Å². The van der Waals surface area contributed by atoms with E-state index in [0.29, 0.717) is 21.2 Å². The molecule has 0 radical (unpaired) electrons. The number of benzene rings is 2. The molecule has 0 unspecified atom stereocenters. The molecule has 3 aromatic rings. The predicted octanol–water partition coefficient (Wildman–Crippen LogP) is 3.01. The molecule has 2 aromatic carbocycles. The van der Waals surface area contributed by atoms with Crippen molar-refractivity contribution in [2.75, 3.05) is 13.2 Å². The zero-order chi connectivity index (χ0) is 46.0. The third-order valence-corrected chi connectivity index (χ3v) is 11.1. The van der Waals surface area contributed by atoms with Crippen molar-refractivity contribution >= 4 is 79.8 Å². The van der Waals surface area contributed by atoms with Crippen LogP contribution in [-0.2, 0) is 80.9 Å². The van der Waals surface area contributed by atoms with E-state index in [-0.39, 0.29) is 4.80 Å². The minimum Gasteiger partial charge on any atom is -0.463 e. The van der Waals surface area contributed by atoms with Gasteiger partial charge in [0.05, 0.1) is 11.4 Å². The largest absolute Gasteiger partial charge is 0.463 e. The number of rotatable bonds is 14. The van der Waals surface area contributed by atoms with Gasteiger partial charge in [0.2, 0.25) is 9.60 Å². The summed E-state index contributed by atoms with van der Waals surface area (Å²) in [5.74, 6) is -5.95. The van der Waals surface area contributed by atoms with Crippen molar-refractivity contribution in [2.24, 2.45) is 9.98 Å². The average molecular weight is 938 g/mol. The SMILES string of the molecule is CC(=O)OC[C@H]1O[C@@H](O[C@H]2[C@H](OC(C)=O)[C@@H](OC(C)=O)[C@H](/N=c3/ssc(=Nc4cccc(Cl)c4)n3-c3ccccc3)O[C@@H]2COC(C)=O)[C@H](OC(C)=O)[C@@H](OC(C)=O)[C@H]1OC(C)=O. The first-order valence-electron chi connectivity index (χ1n) is 19.1. The third-order valence-electron chi connectivity index (χ3n) is 8.76. The van der Waals surface area contributed by atoms with E-state index in [9.17, 15) is 33.6 Å². The molecule has 2 aliphatic rings. The molecular weight excluding hydrogens is 894 g/mol. The van der Waals surface area contributed by atoms with E-state index in [2.05, 4.69) is 0 Å². The van der Waals surface area contributed by atoms with E-state index in [4.69, 9.17) is 69.0 Å². The molecule has 0 saturated carbocycles. The number of aromatic nitrogens is 1. The van der Waals surface area contributed by atoms with Gasteiger partial charge in [-0.05, 0) is 51.0 Å². The quantitative estimate of drug-likeness (QED) is 0.128. The molecule has 2 saturated heterocycles. The summed E-state index contributed by atoms with van der Waals surface area (Å²) in [5.41, 5.74) is 1.17. The molecule has 340 valence electrons. The molecular formula is C40H44ClN3O17S2. The van der Waals surface area contributed by atoms with E-state index in [1.54, 1.807) is 41.0 Å². The summed E-state index contributed by atoms with van der Waals surface area (Å²) < 4.78 is 59.6. The van der Waals surface area contributed by atoms with Crippen LogP contribution >= 0.6 is 32.3 Å². The number of hydrogen-bond donors (Lipinski definition) is 0. The van der Waals surface area contributed by atoms with E-state index in [1.165, 1.54) is 20.7 Å². The fraction of sp³-hybridized carbons (Fsp3) is 0.475. The Bertz CT molecular complexity index is 2300. The van der Waals surface area contributed by atoms with Gasteiger partial charge >= 0.3 is 41.8 Å². The van der Waals surface area contributed by atoms with Crippen molar-refractivity contribution in [1.82, 2.24) is 4.57 Å². The van der Waals surface area contributed by atoms with E-state index in [1.807, 2.05) is 18.2 Å². The highest BCUT2D eigenvalue weighted by Crippen LogP contribution is 2.35. The maximum Gasteiger partial charge on any atom is 0.303 e. The molecule has 5 rings (SSSR count). The summed E-state index contributed by atoms with van der Waals surface area (Å²) in [6.45, 7) is 6.38. The van der Waals surface area contributed by atoms with Gasteiger partial charge in [0.1, 0.15) is 31.5 Å². The zero-order valence-electron chi connectivity index (χ0n) is 34.9. The number of ether oxygens (including phenoxy) is 10. The van der Waals surface area contributed by atoms with Gasteiger partial charge in [-0.15, -0.1) is 0 Å². The Morgan fingerprint density at radius 1 is 0.587 bits per heavy atom. The maximum atomic E-state index is 12.9. The highest BCUT2D eigenvalue weighted by Gasteiger charge is 2.57. The Morgan fingerprint density at radius 3 is 1.65 bits per heavy atom. The molecule has 2 fully saturated rings.